The van der Waals surface area contributed by atoms with Crippen molar-refractivity contribution < 1.29 is 14.6 Å². The van der Waals surface area contributed by atoms with Crippen LogP contribution in [0.2, 0.25) is 0 Å². The molecule has 3 rings (SSSR count). The molecule has 0 spiro atoms. The first-order chi connectivity index (χ1) is 16.2. The zero-order valence-corrected chi connectivity index (χ0v) is 21.4. The normalized spacial score (nSPS) is 13.0. The Morgan fingerprint density at radius 1 is 1.00 bits per heavy atom. The number of aliphatic hydroxyl groups excluding tert-OH is 1. The number of hydrogen-bond donors (Lipinski definition) is 1. The maximum absolute atomic E-state index is 10.7. The number of nitrogens with zero attached hydrogens (tertiary/aromatic N) is 3. The van der Waals surface area contributed by atoms with Gasteiger partial charge in [-0.15, -0.1) is 0 Å². The molecule has 0 aliphatic rings. The predicted molar refractivity (Wildman–Crippen MR) is 137 cm³/mol. The van der Waals surface area contributed by atoms with Gasteiger partial charge in [-0.3, -0.25) is 4.90 Å². The average molecular weight is 466 g/mol. The fourth-order valence-electron chi connectivity index (χ4n) is 3.70. The molecule has 34 heavy (non-hydrogen) atoms. The molecule has 184 valence electrons. The van der Waals surface area contributed by atoms with Gasteiger partial charge in [-0.1, -0.05) is 43.3 Å². The Labute approximate surface area is 204 Å². The van der Waals surface area contributed by atoms with Crippen molar-refractivity contribution >= 4 is 0 Å². The van der Waals surface area contributed by atoms with Crippen molar-refractivity contribution in [1.29, 1.82) is 0 Å². The van der Waals surface area contributed by atoms with Crippen LogP contribution in [0.3, 0.4) is 0 Å². The number of rotatable bonds is 11. The van der Waals surface area contributed by atoms with Crippen molar-refractivity contribution in [1.82, 2.24) is 14.7 Å². The third-order valence-electron chi connectivity index (χ3n) is 5.56. The number of ether oxygens (including phenoxy) is 2. The van der Waals surface area contributed by atoms with E-state index in [1.165, 1.54) is 0 Å². The highest BCUT2D eigenvalue weighted by Gasteiger charge is 2.25. The van der Waals surface area contributed by atoms with Crippen LogP contribution in [0.1, 0.15) is 52.8 Å². The Balaban J connectivity index is 1.95. The summed E-state index contributed by atoms with van der Waals surface area (Å²) < 4.78 is 14.1. The van der Waals surface area contributed by atoms with Crippen LogP contribution in [-0.2, 0) is 17.7 Å². The lowest BCUT2D eigenvalue weighted by Gasteiger charge is -2.30. The Morgan fingerprint density at radius 3 is 2.18 bits per heavy atom. The van der Waals surface area contributed by atoms with Crippen molar-refractivity contribution in [2.45, 2.75) is 72.3 Å². The quantitative estimate of drug-likeness (QED) is 0.399. The number of benzene rings is 2. The number of aliphatic hydroxyl groups is 1. The Bertz CT molecular complexity index is 1010. The molecular formula is C28H39N3O3. The maximum atomic E-state index is 10.7. The molecule has 0 bridgehead atoms. The van der Waals surface area contributed by atoms with E-state index in [1.807, 2.05) is 86.1 Å². The molecule has 0 saturated heterocycles. The average Bonchev–Trinajstić information content (AvgIpc) is 3.15. The summed E-state index contributed by atoms with van der Waals surface area (Å²) >= 11 is 0. The molecule has 2 aromatic carbocycles. The standard InChI is InChI=1S/C28H39N3O3/c1-7-26-25(19-30(21(2)3)18-23(32)20-33-28(4,5)6)27(34-24-16-12-9-13-17-24)31(29-26)22-14-10-8-11-15-22/h8-17,21,23,32H,7,18-20H2,1-6H3/t23-/m0/s1. The van der Waals surface area contributed by atoms with Gasteiger partial charge in [-0.25, -0.2) is 4.68 Å². The molecule has 0 amide bonds. The zero-order chi connectivity index (χ0) is 24.7. The molecule has 1 N–H and O–H groups in total. The Morgan fingerprint density at radius 2 is 1.62 bits per heavy atom. The van der Waals surface area contributed by atoms with Crippen LogP contribution in [0.5, 0.6) is 11.6 Å². The molecule has 1 heterocycles. The molecule has 6 heteroatoms. The molecule has 0 aliphatic carbocycles. The van der Waals surface area contributed by atoms with Gasteiger partial charge in [0.2, 0.25) is 5.88 Å². The van der Waals surface area contributed by atoms with Crippen LogP contribution in [0.15, 0.2) is 60.7 Å². The summed E-state index contributed by atoms with van der Waals surface area (Å²) in [5.41, 5.74) is 2.69. The lowest BCUT2D eigenvalue weighted by Crippen LogP contribution is -2.40. The van der Waals surface area contributed by atoms with Crippen LogP contribution in [-0.4, -0.2) is 50.7 Å². The SMILES string of the molecule is CCc1nn(-c2ccccc2)c(Oc2ccccc2)c1CN(C[C@H](O)COC(C)(C)C)C(C)C. The van der Waals surface area contributed by atoms with Crippen LogP contribution < -0.4 is 4.74 Å². The molecule has 0 radical (unpaired) electrons. The Kier molecular flexibility index (Phi) is 8.89. The monoisotopic (exact) mass is 465 g/mol. The molecule has 0 fully saturated rings. The lowest BCUT2D eigenvalue weighted by atomic mass is 10.1. The lowest BCUT2D eigenvalue weighted by molar-refractivity contribution is -0.0587. The second kappa shape index (κ2) is 11.6. The molecule has 0 saturated carbocycles. The van der Waals surface area contributed by atoms with E-state index in [0.29, 0.717) is 25.6 Å². The summed E-state index contributed by atoms with van der Waals surface area (Å²) in [6.07, 6.45) is 0.191. The first kappa shape index (κ1) is 25.9. The smallest absolute Gasteiger partial charge is 0.227 e. The molecule has 1 aromatic heterocycles. The molecule has 0 unspecified atom stereocenters. The van der Waals surface area contributed by atoms with E-state index < -0.39 is 6.10 Å². The van der Waals surface area contributed by atoms with Gasteiger partial charge < -0.3 is 14.6 Å². The highest BCUT2D eigenvalue weighted by molar-refractivity contribution is 5.43. The van der Waals surface area contributed by atoms with E-state index in [1.54, 1.807) is 0 Å². The maximum Gasteiger partial charge on any atom is 0.227 e. The van der Waals surface area contributed by atoms with E-state index in [4.69, 9.17) is 14.6 Å². The van der Waals surface area contributed by atoms with Crippen molar-refractivity contribution in [3.8, 4) is 17.3 Å². The molecule has 6 nitrogen and oxygen atoms in total. The fourth-order valence-corrected chi connectivity index (χ4v) is 3.70. The van der Waals surface area contributed by atoms with Crippen molar-refractivity contribution in [3.63, 3.8) is 0 Å². The van der Waals surface area contributed by atoms with Crippen molar-refractivity contribution in [2.75, 3.05) is 13.2 Å². The first-order valence-corrected chi connectivity index (χ1v) is 12.1. The summed E-state index contributed by atoms with van der Waals surface area (Å²) in [5.74, 6) is 1.47. The Hall–Kier alpha value is -2.67. The second-order valence-electron chi connectivity index (χ2n) is 9.85. The number of para-hydroxylation sites is 2. The van der Waals surface area contributed by atoms with Crippen LogP contribution in [0.4, 0.5) is 0 Å². The minimum absolute atomic E-state index is 0.221. The van der Waals surface area contributed by atoms with Crippen LogP contribution >= 0.6 is 0 Å². The van der Waals surface area contributed by atoms with Crippen molar-refractivity contribution in [2.24, 2.45) is 0 Å². The molecular weight excluding hydrogens is 426 g/mol. The van der Waals surface area contributed by atoms with E-state index in [9.17, 15) is 5.11 Å². The van der Waals surface area contributed by atoms with Gasteiger partial charge in [0.05, 0.1) is 35.3 Å². The third kappa shape index (κ3) is 7.16. The minimum Gasteiger partial charge on any atom is -0.439 e. The number of aromatic nitrogens is 2. The summed E-state index contributed by atoms with van der Waals surface area (Å²) in [7, 11) is 0. The number of aryl methyl sites for hydroxylation is 1. The van der Waals surface area contributed by atoms with Gasteiger partial charge in [0.1, 0.15) is 5.75 Å². The fraction of sp³-hybridized carbons (Fsp3) is 0.464. The summed E-state index contributed by atoms with van der Waals surface area (Å²) in [6, 6.07) is 20.1. The highest BCUT2D eigenvalue weighted by Crippen LogP contribution is 2.32. The third-order valence-corrected chi connectivity index (χ3v) is 5.56. The van der Waals surface area contributed by atoms with Crippen LogP contribution in [0.25, 0.3) is 5.69 Å². The van der Waals surface area contributed by atoms with E-state index in [2.05, 4.69) is 25.7 Å². The summed E-state index contributed by atoms with van der Waals surface area (Å²) in [5, 5.41) is 15.6. The molecule has 3 aromatic rings. The van der Waals surface area contributed by atoms with Gasteiger partial charge in [-0.2, -0.15) is 5.10 Å². The van der Waals surface area contributed by atoms with Gasteiger partial charge in [-0.05, 0) is 65.3 Å². The van der Waals surface area contributed by atoms with Crippen molar-refractivity contribution in [3.05, 3.63) is 71.9 Å². The van der Waals surface area contributed by atoms with E-state index >= 15 is 0 Å². The van der Waals surface area contributed by atoms with E-state index in [-0.39, 0.29) is 11.6 Å². The van der Waals surface area contributed by atoms with Gasteiger partial charge in [0, 0.05) is 19.1 Å². The number of hydrogen-bond acceptors (Lipinski definition) is 5. The predicted octanol–water partition coefficient (Wildman–Crippen LogP) is 5.61. The molecule has 1 atom stereocenters. The highest BCUT2D eigenvalue weighted by atomic mass is 16.5. The van der Waals surface area contributed by atoms with Gasteiger partial charge >= 0.3 is 0 Å². The van der Waals surface area contributed by atoms with Crippen LogP contribution in [0, 0.1) is 0 Å². The van der Waals surface area contributed by atoms with Gasteiger partial charge in [0.25, 0.3) is 0 Å². The zero-order valence-electron chi connectivity index (χ0n) is 21.4. The summed E-state index contributed by atoms with van der Waals surface area (Å²) in [6.45, 7) is 13.8. The topological polar surface area (TPSA) is 59.8 Å². The van der Waals surface area contributed by atoms with Gasteiger partial charge in [0.15, 0.2) is 0 Å². The summed E-state index contributed by atoms with van der Waals surface area (Å²) in [4.78, 5) is 2.25. The van der Waals surface area contributed by atoms with E-state index in [0.717, 1.165) is 29.1 Å². The molecule has 0 aliphatic heterocycles. The first-order valence-electron chi connectivity index (χ1n) is 12.1. The second-order valence-corrected chi connectivity index (χ2v) is 9.85. The largest absolute Gasteiger partial charge is 0.439 e. The minimum atomic E-state index is -0.589.